The van der Waals surface area contributed by atoms with Gasteiger partial charge in [-0.3, -0.25) is 0 Å². The summed E-state index contributed by atoms with van der Waals surface area (Å²) in [4.78, 5) is 23.1. The summed E-state index contributed by atoms with van der Waals surface area (Å²) in [6, 6.07) is 6.96. The molecule has 0 saturated carbocycles. The lowest BCUT2D eigenvalue weighted by atomic mass is 10.0. The van der Waals surface area contributed by atoms with Gasteiger partial charge < -0.3 is 14.6 Å². The van der Waals surface area contributed by atoms with E-state index < -0.39 is 23.6 Å². The second-order valence-electron chi connectivity index (χ2n) is 5.78. The Bertz CT molecular complexity index is 502. The average Bonchev–Trinajstić information content (AvgIpc) is 2.42. The van der Waals surface area contributed by atoms with Crippen LogP contribution in [0.1, 0.15) is 43.1 Å². The maximum absolute atomic E-state index is 12.0. The zero-order chi connectivity index (χ0) is 16.0. The van der Waals surface area contributed by atoms with Gasteiger partial charge in [0.05, 0.1) is 12.7 Å². The number of hydrogen-bond acceptors (Lipinski definition) is 5. The number of hydrogen-bond donors (Lipinski definition) is 1. The highest BCUT2D eigenvalue weighted by Crippen LogP contribution is 2.14. The molecular formula is C16H22O5. The lowest BCUT2D eigenvalue weighted by Gasteiger charge is -2.19. The number of carbonyl (C=O) groups is 2. The number of aliphatic hydroxyl groups is 1. The minimum atomic E-state index is -1.15. The van der Waals surface area contributed by atoms with Crippen molar-refractivity contribution in [2.75, 3.05) is 7.11 Å². The molecule has 0 aliphatic rings. The Morgan fingerprint density at radius 1 is 1.29 bits per heavy atom. The van der Waals surface area contributed by atoms with Gasteiger partial charge in [-0.25, -0.2) is 9.59 Å². The van der Waals surface area contributed by atoms with E-state index in [1.54, 1.807) is 18.2 Å². The smallest absolute Gasteiger partial charge is 0.338 e. The highest BCUT2D eigenvalue weighted by atomic mass is 16.6. The van der Waals surface area contributed by atoms with Gasteiger partial charge >= 0.3 is 11.9 Å². The summed E-state index contributed by atoms with van der Waals surface area (Å²) in [5, 5.41) is 9.54. The van der Waals surface area contributed by atoms with Crippen molar-refractivity contribution in [2.24, 2.45) is 0 Å². The standard InChI is InChI=1S/C16H22O5/c1-16(2,3)21-14(18)12-7-5-6-11(10-12)8-9-13(17)15(19)20-4/h5-7,10,13,17H,8-9H2,1-4H3. The summed E-state index contributed by atoms with van der Waals surface area (Å²) in [7, 11) is 1.23. The monoisotopic (exact) mass is 294 g/mol. The molecule has 0 fully saturated rings. The average molecular weight is 294 g/mol. The minimum Gasteiger partial charge on any atom is -0.467 e. The number of ether oxygens (including phenoxy) is 2. The van der Waals surface area contributed by atoms with Crippen LogP contribution >= 0.6 is 0 Å². The maximum Gasteiger partial charge on any atom is 0.338 e. The van der Waals surface area contributed by atoms with Crippen molar-refractivity contribution in [1.29, 1.82) is 0 Å². The lowest BCUT2D eigenvalue weighted by Crippen LogP contribution is -2.24. The number of rotatable bonds is 5. The molecule has 1 atom stereocenters. The van der Waals surface area contributed by atoms with Crippen molar-refractivity contribution in [2.45, 2.75) is 45.3 Å². The zero-order valence-electron chi connectivity index (χ0n) is 12.9. The molecule has 0 spiro atoms. The third-order valence-corrected chi connectivity index (χ3v) is 2.74. The second kappa shape index (κ2) is 7.22. The van der Waals surface area contributed by atoms with Crippen LogP contribution in [0.3, 0.4) is 0 Å². The van der Waals surface area contributed by atoms with Crippen molar-refractivity contribution in [3.05, 3.63) is 35.4 Å². The first-order valence-electron chi connectivity index (χ1n) is 6.81. The van der Waals surface area contributed by atoms with Gasteiger partial charge in [-0.1, -0.05) is 12.1 Å². The number of methoxy groups -OCH3 is 1. The van der Waals surface area contributed by atoms with Gasteiger partial charge in [0.1, 0.15) is 5.60 Å². The number of aryl methyl sites for hydroxylation is 1. The first kappa shape index (κ1) is 17.2. The molecule has 0 aromatic heterocycles. The van der Waals surface area contributed by atoms with Crippen molar-refractivity contribution in [3.8, 4) is 0 Å². The summed E-state index contributed by atoms with van der Waals surface area (Å²) in [5.74, 6) is -1.05. The highest BCUT2D eigenvalue weighted by Gasteiger charge is 2.19. The van der Waals surface area contributed by atoms with Crippen molar-refractivity contribution >= 4 is 11.9 Å². The topological polar surface area (TPSA) is 72.8 Å². The molecular weight excluding hydrogens is 272 g/mol. The fourth-order valence-corrected chi connectivity index (χ4v) is 1.75. The van der Waals surface area contributed by atoms with Crippen LogP contribution in [0.4, 0.5) is 0 Å². The third-order valence-electron chi connectivity index (χ3n) is 2.74. The van der Waals surface area contributed by atoms with Crippen LogP contribution in [0.25, 0.3) is 0 Å². The Morgan fingerprint density at radius 2 is 1.95 bits per heavy atom. The SMILES string of the molecule is COC(=O)C(O)CCc1cccc(C(=O)OC(C)(C)C)c1. The van der Waals surface area contributed by atoms with Gasteiger partial charge in [0.15, 0.2) is 6.10 Å². The van der Waals surface area contributed by atoms with Gasteiger partial charge in [-0.05, 0) is 51.3 Å². The Kier molecular flexibility index (Phi) is 5.90. The van der Waals surface area contributed by atoms with Gasteiger partial charge in [0.2, 0.25) is 0 Å². The quantitative estimate of drug-likeness (QED) is 0.842. The molecule has 0 aliphatic carbocycles. The van der Waals surface area contributed by atoms with Crippen LogP contribution < -0.4 is 0 Å². The normalized spacial score (nSPS) is 12.6. The van der Waals surface area contributed by atoms with Crippen LogP contribution in [0.5, 0.6) is 0 Å². The number of carbonyl (C=O) groups excluding carboxylic acids is 2. The summed E-state index contributed by atoms with van der Waals surface area (Å²) < 4.78 is 9.75. The molecule has 0 heterocycles. The molecule has 1 unspecified atom stereocenters. The predicted molar refractivity (Wildman–Crippen MR) is 78.0 cm³/mol. The van der Waals surface area contributed by atoms with Gasteiger partial charge in [-0.15, -0.1) is 0 Å². The van der Waals surface area contributed by atoms with E-state index in [9.17, 15) is 14.7 Å². The Balaban J connectivity index is 2.68. The summed E-state index contributed by atoms with van der Waals surface area (Å²) in [6.45, 7) is 5.42. The molecule has 5 heteroatoms. The number of esters is 2. The maximum atomic E-state index is 12.0. The van der Waals surface area contributed by atoms with E-state index in [1.165, 1.54) is 7.11 Å². The molecule has 1 N–H and O–H groups in total. The summed E-state index contributed by atoms with van der Waals surface area (Å²) in [6.07, 6.45) is -0.447. The Hall–Kier alpha value is -1.88. The molecule has 0 amide bonds. The zero-order valence-corrected chi connectivity index (χ0v) is 12.9. The van der Waals surface area contributed by atoms with Crippen molar-refractivity contribution in [3.63, 3.8) is 0 Å². The first-order valence-corrected chi connectivity index (χ1v) is 6.81. The fraction of sp³-hybridized carbons (Fsp3) is 0.500. The van der Waals surface area contributed by atoms with E-state index in [4.69, 9.17) is 4.74 Å². The van der Waals surface area contributed by atoms with Crippen LogP contribution in [-0.4, -0.2) is 35.9 Å². The van der Waals surface area contributed by atoms with E-state index >= 15 is 0 Å². The Labute approximate surface area is 124 Å². The first-order chi connectivity index (χ1) is 9.73. The molecule has 0 aliphatic heterocycles. The molecule has 1 rings (SSSR count). The molecule has 1 aromatic carbocycles. The largest absolute Gasteiger partial charge is 0.467 e. The van der Waals surface area contributed by atoms with Gasteiger partial charge in [-0.2, -0.15) is 0 Å². The van der Waals surface area contributed by atoms with Crippen LogP contribution in [0, 0.1) is 0 Å². The molecule has 0 radical (unpaired) electrons. The van der Waals surface area contributed by atoms with Crippen LogP contribution in [0.15, 0.2) is 24.3 Å². The molecule has 1 aromatic rings. The number of benzene rings is 1. The van der Waals surface area contributed by atoms with Crippen molar-refractivity contribution in [1.82, 2.24) is 0 Å². The van der Waals surface area contributed by atoms with E-state index in [0.29, 0.717) is 12.0 Å². The van der Waals surface area contributed by atoms with E-state index in [1.807, 2.05) is 26.8 Å². The van der Waals surface area contributed by atoms with Gasteiger partial charge in [0, 0.05) is 0 Å². The molecule has 5 nitrogen and oxygen atoms in total. The molecule has 21 heavy (non-hydrogen) atoms. The van der Waals surface area contributed by atoms with E-state index in [0.717, 1.165) is 5.56 Å². The predicted octanol–water partition coefficient (Wildman–Crippen LogP) is 2.11. The molecule has 0 saturated heterocycles. The second-order valence-corrected chi connectivity index (χ2v) is 5.78. The third kappa shape index (κ3) is 5.95. The fourth-order valence-electron chi connectivity index (χ4n) is 1.75. The van der Waals surface area contributed by atoms with Crippen LogP contribution in [0.2, 0.25) is 0 Å². The highest BCUT2D eigenvalue weighted by molar-refractivity contribution is 5.89. The molecule has 116 valence electrons. The molecule has 0 bridgehead atoms. The summed E-state index contributed by atoms with van der Waals surface area (Å²) in [5.41, 5.74) is 0.755. The lowest BCUT2D eigenvalue weighted by molar-refractivity contribution is -0.150. The van der Waals surface area contributed by atoms with E-state index in [-0.39, 0.29) is 6.42 Å². The number of aliphatic hydroxyl groups excluding tert-OH is 1. The van der Waals surface area contributed by atoms with E-state index in [2.05, 4.69) is 4.74 Å². The minimum absolute atomic E-state index is 0.241. The van der Waals surface area contributed by atoms with Crippen LogP contribution in [-0.2, 0) is 20.7 Å². The van der Waals surface area contributed by atoms with Crippen molar-refractivity contribution < 1.29 is 24.2 Å². The summed E-state index contributed by atoms with van der Waals surface area (Å²) >= 11 is 0. The van der Waals surface area contributed by atoms with Gasteiger partial charge in [0.25, 0.3) is 0 Å². The Morgan fingerprint density at radius 3 is 2.52 bits per heavy atom.